The van der Waals surface area contributed by atoms with Gasteiger partial charge in [-0.1, -0.05) is 32.0 Å². The summed E-state index contributed by atoms with van der Waals surface area (Å²) in [4.78, 5) is 20.6. The molecule has 0 unspecified atom stereocenters. The summed E-state index contributed by atoms with van der Waals surface area (Å²) in [6.45, 7) is -0.168. The minimum absolute atomic E-state index is 0.0871. The van der Waals surface area contributed by atoms with Crippen molar-refractivity contribution < 1.29 is 28.0 Å². The van der Waals surface area contributed by atoms with Crippen LogP contribution in [0.15, 0.2) is 42.5 Å². The van der Waals surface area contributed by atoms with Gasteiger partial charge < -0.3 is 15.0 Å². The zero-order chi connectivity index (χ0) is 31.8. The van der Waals surface area contributed by atoms with E-state index in [9.17, 15) is 14.3 Å². The Morgan fingerprint density at radius 3 is 2.94 bits per heavy atom. The fraction of sp³-hybridized carbons (Fsp3) is 0.462. The first-order valence-corrected chi connectivity index (χ1v) is 10.3. The number of nitrogens with one attached hydrogen (secondary N) is 1. The number of carbonyl (C=O) groups excluding carboxylic acids is 1. The Labute approximate surface area is 202 Å². The summed E-state index contributed by atoms with van der Waals surface area (Å²) in [5.74, 6) is -4.48. The van der Waals surface area contributed by atoms with Crippen molar-refractivity contribution >= 4 is 16.9 Å². The molecule has 6 heteroatoms. The molecule has 1 aromatic heterocycles. The molecule has 1 aliphatic carbocycles. The van der Waals surface area contributed by atoms with Crippen molar-refractivity contribution in [3.05, 3.63) is 65.2 Å². The molecule has 1 aliphatic rings. The number of aliphatic hydroxyl groups is 1. The first-order chi connectivity index (χ1) is 19.1. The van der Waals surface area contributed by atoms with Crippen LogP contribution in [0, 0.1) is 11.7 Å². The Morgan fingerprint density at radius 1 is 1.41 bits per heavy atom. The molecule has 0 saturated carbocycles. The lowest BCUT2D eigenvalue weighted by molar-refractivity contribution is -0.137. The predicted molar refractivity (Wildman–Crippen MR) is 124 cm³/mol. The second kappa shape index (κ2) is 9.02. The number of amides is 1. The minimum Gasteiger partial charge on any atom is -0.389 e. The van der Waals surface area contributed by atoms with E-state index in [0.29, 0.717) is 11.0 Å². The highest BCUT2D eigenvalue weighted by Gasteiger charge is 2.45. The Morgan fingerprint density at radius 2 is 2.19 bits per heavy atom. The van der Waals surface area contributed by atoms with E-state index in [1.165, 1.54) is 6.07 Å². The van der Waals surface area contributed by atoms with Gasteiger partial charge in [0, 0.05) is 39.5 Å². The van der Waals surface area contributed by atoms with Crippen molar-refractivity contribution in [1.82, 2.24) is 14.9 Å². The molecule has 0 fully saturated rings. The number of aryl methyl sites for hydroxylation is 2. The smallest absolute Gasteiger partial charge is 0.225 e. The van der Waals surface area contributed by atoms with Crippen LogP contribution in [-0.2, 0) is 17.5 Å². The highest BCUT2D eigenvalue weighted by Crippen LogP contribution is 2.45. The maximum absolute atomic E-state index is 14.1. The average Bonchev–Trinajstić information content (AvgIpc) is 3.33. The number of hydrogen-bond acceptors (Lipinski definition) is 3. The molecule has 0 spiro atoms. The lowest BCUT2D eigenvalue weighted by Crippen LogP contribution is -2.47. The number of halogens is 1. The molecule has 1 heterocycles. The lowest BCUT2D eigenvalue weighted by atomic mass is 9.66. The topological polar surface area (TPSA) is 69.2 Å². The molecule has 2 N–H and O–H groups in total. The molecule has 4 rings (SSSR count). The highest BCUT2D eigenvalue weighted by molar-refractivity contribution is 5.77. The molecule has 2 atom stereocenters. The summed E-state index contributed by atoms with van der Waals surface area (Å²) in [5.41, 5.74) is -2.32. The van der Waals surface area contributed by atoms with Crippen LogP contribution in [0.25, 0.3) is 11.0 Å². The number of imidazole rings is 1. The van der Waals surface area contributed by atoms with E-state index in [-0.39, 0.29) is 16.0 Å². The van der Waals surface area contributed by atoms with Gasteiger partial charge in [0.15, 0.2) is 0 Å². The van der Waals surface area contributed by atoms with Crippen molar-refractivity contribution in [2.24, 2.45) is 5.92 Å². The fourth-order valence-corrected chi connectivity index (χ4v) is 4.08. The number of rotatable bonds is 7. The number of nitrogens with zero attached hydrogens (tertiary/aromatic N) is 2. The third-order valence-electron chi connectivity index (χ3n) is 5.53. The first kappa shape index (κ1) is 13.1. The zero-order valence-corrected chi connectivity index (χ0v) is 18.0. The number of aromatic nitrogens is 2. The fourth-order valence-electron chi connectivity index (χ4n) is 4.08. The van der Waals surface area contributed by atoms with Gasteiger partial charge >= 0.3 is 0 Å². The van der Waals surface area contributed by atoms with E-state index in [2.05, 4.69) is 9.97 Å². The van der Waals surface area contributed by atoms with E-state index < -0.39 is 73.4 Å². The van der Waals surface area contributed by atoms with Crippen molar-refractivity contribution in [1.29, 1.82) is 0 Å². The number of fused-ring (bicyclic) bond motifs is 2. The third-order valence-corrected chi connectivity index (χ3v) is 5.53. The molecule has 0 saturated heterocycles. The summed E-state index contributed by atoms with van der Waals surface area (Å²) in [7, 11) is 0.860. The second-order valence-corrected chi connectivity index (χ2v) is 8.22. The summed E-state index contributed by atoms with van der Waals surface area (Å²) >= 11 is 0. The molecular weight excluding hydrogens is 405 g/mol. The molecule has 5 nitrogen and oxygen atoms in total. The van der Waals surface area contributed by atoms with Gasteiger partial charge in [0.25, 0.3) is 0 Å². The van der Waals surface area contributed by atoms with Gasteiger partial charge in [0.05, 0.1) is 23.1 Å². The van der Waals surface area contributed by atoms with Crippen LogP contribution in [0.5, 0.6) is 0 Å². The highest BCUT2D eigenvalue weighted by atomic mass is 19.1. The second-order valence-electron chi connectivity index (χ2n) is 8.22. The average molecular weight is 448 g/mol. The van der Waals surface area contributed by atoms with Gasteiger partial charge in [0.2, 0.25) is 5.91 Å². The van der Waals surface area contributed by atoms with Crippen molar-refractivity contribution in [3.8, 4) is 0 Å². The van der Waals surface area contributed by atoms with Gasteiger partial charge in [-0.3, -0.25) is 4.79 Å². The quantitative estimate of drug-likeness (QED) is 0.556. The Hall–Kier alpha value is -2.73. The van der Waals surface area contributed by atoms with Crippen LogP contribution in [0.4, 0.5) is 4.39 Å². The Bertz CT molecular complexity index is 1490. The van der Waals surface area contributed by atoms with Gasteiger partial charge in [-0.2, -0.15) is 0 Å². The summed E-state index contributed by atoms with van der Waals surface area (Å²) in [6, 6.07) is 9.53. The number of H-pyrrole nitrogens is 1. The van der Waals surface area contributed by atoms with E-state index in [1.54, 1.807) is 38.1 Å². The Balaban J connectivity index is 1.74. The van der Waals surface area contributed by atoms with Gasteiger partial charge in [-0.15, -0.1) is 0 Å². The number of benzene rings is 2. The van der Waals surface area contributed by atoms with Crippen LogP contribution < -0.4 is 0 Å². The van der Waals surface area contributed by atoms with Crippen molar-refractivity contribution in [2.75, 3.05) is 13.5 Å². The monoisotopic (exact) mass is 447 g/mol. The molecule has 2 aromatic carbocycles. The number of para-hydroxylation sites is 2. The molecule has 0 aliphatic heterocycles. The number of aromatic amines is 1. The largest absolute Gasteiger partial charge is 0.389 e. The molecule has 32 heavy (non-hydrogen) atoms. The Kier molecular flexibility index (Phi) is 3.69. The number of carbonyl (C=O) groups is 1. The van der Waals surface area contributed by atoms with Crippen LogP contribution in [0.2, 0.25) is 0 Å². The lowest BCUT2D eigenvalue weighted by Gasteiger charge is -2.43. The van der Waals surface area contributed by atoms with E-state index in [1.807, 2.05) is 0 Å². The minimum atomic E-state index is -3.44. The first-order valence-electron chi connectivity index (χ1n) is 15.3. The summed E-state index contributed by atoms with van der Waals surface area (Å²) in [6.07, 6.45) is -13.9. The summed E-state index contributed by atoms with van der Waals surface area (Å²) < 4.78 is 99.8. The van der Waals surface area contributed by atoms with Crippen LogP contribution >= 0.6 is 0 Å². The third kappa shape index (κ3) is 4.56. The normalized spacial score (nSPS) is 29.6. The van der Waals surface area contributed by atoms with Gasteiger partial charge in [-0.05, 0) is 60.4 Å². The van der Waals surface area contributed by atoms with Crippen molar-refractivity contribution in [2.45, 2.75) is 57.3 Å². The molecule has 0 radical (unpaired) electrons. The van der Waals surface area contributed by atoms with Gasteiger partial charge in [-0.25, -0.2) is 9.37 Å². The molecule has 1 amide bonds. The van der Waals surface area contributed by atoms with E-state index in [0.717, 1.165) is 19.2 Å². The van der Waals surface area contributed by atoms with E-state index >= 15 is 0 Å². The van der Waals surface area contributed by atoms with Crippen molar-refractivity contribution in [3.63, 3.8) is 0 Å². The molecular formula is C26H32FN3O2. The molecule has 0 bridgehead atoms. The predicted octanol–water partition coefficient (Wildman–Crippen LogP) is 4.60. The van der Waals surface area contributed by atoms with Gasteiger partial charge in [0.1, 0.15) is 11.6 Å². The standard InChI is InChI=1S/C26H32FN3O2/c1-17(2)25-20-11-10-19(27)15-18(20)12-13-26(25,32)16-24(31)30(3)14-6-9-23-28-21-7-4-5-8-22(21)29-23/h4-5,7-8,10-11,15,17,25,32H,6,9,12-14,16H2,1-3H3,(H,28,29)/t25-,26-/m0/s1/i6D2,9D2,12D2,13D2,14D2. The maximum Gasteiger partial charge on any atom is 0.225 e. The summed E-state index contributed by atoms with van der Waals surface area (Å²) in [5, 5.41) is 11.9. The SMILES string of the molecule is [2H]C([2H])(c1nc2ccccc2[nH]1)C([2H])([2H])C([2H])([2H])N(C)C(=O)C[C@]1(O)[C@@H](C(C)C)c2ccc(F)cc2C([2H])([2H])C1([2H])[2H]. The number of hydrogen-bond donors (Lipinski definition) is 2. The molecule has 170 valence electrons. The zero-order valence-electron chi connectivity index (χ0n) is 28.0. The van der Waals surface area contributed by atoms with Crippen LogP contribution in [0.1, 0.15) is 69.6 Å². The molecule has 3 aromatic rings. The van der Waals surface area contributed by atoms with Crippen LogP contribution in [0.3, 0.4) is 0 Å². The van der Waals surface area contributed by atoms with E-state index in [4.69, 9.17) is 13.7 Å². The van der Waals surface area contributed by atoms with Crippen LogP contribution in [-0.4, -0.2) is 45.0 Å². The maximum atomic E-state index is 14.1.